The number of benzene rings is 2. The lowest BCUT2D eigenvalue weighted by Crippen LogP contribution is -2.38. The van der Waals surface area contributed by atoms with E-state index >= 15 is 0 Å². The van der Waals surface area contributed by atoms with Gasteiger partial charge in [0.1, 0.15) is 11.9 Å². The summed E-state index contributed by atoms with van der Waals surface area (Å²) in [5.41, 5.74) is 4.71. The highest BCUT2D eigenvalue weighted by atomic mass is 16.5. The first-order valence-corrected chi connectivity index (χ1v) is 12.4. The van der Waals surface area contributed by atoms with Crippen molar-refractivity contribution in [3.8, 4) is 0 Å². The van der Waals surface area contributed by atoms with Gasteiger partial charge in [-0.1, -0.05) is 18.2 Å². The van der Waals surface area contributed by atoms with Crippen molar-refractivity contribution in [2.75, 3.05) is 41.8 Å². The van der Waals surface area contributed by atoms with E-state index in [4.69, 9.17) is 4.74 Å². The van der Waals surface area contributed by atoms with Crippen LogP contribution < -0.4 is 15.5 Å². The minimum absolute atomic E-state index is 0.0311. The summed E-state index contributed by atoms with van der Waals surface area (Å²) < 4.78 is 7.53. The van der Waals surface area contributed by atoms with Gasteiger partial charge >= 0.3 is 0 Å². The first kappa shape index (κ1) is 23.0. The Bertz CT molecular complexity index is 1440. The Labute approximate surface area is 214 Å². The van der Waals surface area contributed by atoms with Crippen LogP contribution in [-0.2, 0) is 11.3 Å². The molecular formula is C29H27N5O3. The van der Waals surface area contributed by atoms with Gasteiger partial charge in [0.25, 0.3) is 5.91 Å². The average Bonchev–Trinajstić information content (AvgIpc) is 3.34. The zero-order valence-corrected chi connectivity index (χ0v) is 20.3. The van der Waals surface area contributed by atoms with Gasteiger partial charge in [-0.25, -0.2) is 4.98 Å². The molecule has 4 heterocycles. The summed E-state index contributed by atoms with van der Waals surface area (Å²) in [5.74, 6) is 0.378. The average molecular weight is 494 g/mol. The molecule has 2 N–H and O–H groups in total. The molecule has 1 amide bonds. The Morgan fingerprint density at radius 3 is 2.59 bits per heavy atom. The number of carbonyl (C=O) groups is 2. The van der Waals surface area contributed by atoms with E-state index in [1.807, 2.05) is 36.5 Å². The highest BCUT2D eigenvalue weighted by molar-refractivity contribution is 6.08. The van der Waals surface area contributed by atoms with Gasteiger partial charge in [0.2, 0.25) is 0 Å². The minimum Gasteiger partial charge on any atom is -0.378 e. The molecule has 0 aliphatic carbocycles. The highest BCUT2D eigenvalue weighted by Gasteiger charge is 2.28. The molecule has 1 fully saturated rings. The van der Waals surface area contributed by atoms with E-state index in [9.17, 15) is 9.59 Å². The monoisotopic (exact) mass is 493 g/mol. The van der Waals surface area contributed by atoms with Crippen LogP contribution in [0.15, 0.2) is 85.2 Å². The van der Waals surface area contributed by atoms with E-state index in [1.165, 1.54) is 0 Å². The molecule has 1 atom stereocenters. The van der Waals surface area contributed by atoms with Gasteiger partial charge in [-0.15, -0.1) is 0 Å². The van der Waals surface area contributed by atoms with Crippen molar-refractivity contribution >= 4 is 28.9 Å². The predicted molar refractivity (Wildman–Crippen MR) is 142 cm³/mol. The molecule has 6 rings (SSSR count). The maximum absolute atomic E-state index is 13.6. The maximum Gasteiger partial charge on any atom is 0.259 e. The van der Waals surface area contributed by atoms with E-state index in [-0.39, 0.29) is 11.7 Å². The second-order valence-electron chi connectivity index (χ2n) is 9.17. The summed E-state index contributed by atoms with van der Waals surface area (Å²) in [6.45, 7) is 3.31. The fourth-order valence-corrected chi connectivity index (χ4v) is 4.93. The number of Topliss-reactive ketones (excluding diaryl/α,β-unsaturated/α-hetero) is 1. The first-order chi connectivity index (χ1) is 18.2. The fourth-order valence-electron chi connectivity index (χ4n) is 4.93. The fraction of sp³-hybridized carbons (Fsp3) is 0.207. The minimum atomic E-state index is -0.509. The lowest BCUT2D eigenvalue weighted by Gasteiger charge is -2.29. The molecule has 8 heteroatoms. The van der Waals surface area contributed by atoms with Crippen molar-refractivity contribution in [2.24, 2.45) is 0 Å². The van der Waals surface area contributed by atoms with Crippen LogP contribution in [0.1, 0.15) is 38.0 Å². The van der Waals surface area contributed by atoms with Crippen LogP contribution in [0, 0.1) is 0 Å². The summed E-state index contributed by atoms with van der Waals surface area (Å²) >= 11 is 0. The van der Waals surface area contributed by atoms with Crippen molar-refractivity contribution < 1.29 is 14.3 Å². The molecular weight excluding hydrogens is 466 g/mol. The van der Waals surface area contributed by atoms with Crippen LogP contribution in [0.5, 0.6) is 0 Å². The van der Waals surface area contributed by atoms with Crippen LogP contribution in [0.4, 0.5) is 17.2 Å². The quantitative estimate of drug-likeness (QED) is 0.402. The molecule has 1 unspecified atom stereocenters. The predicted octanol–water partition coefficient (Wildman–Crippen LogP) is 4.37. The SMILES string of the molecule is O=C(Nc1ccc(C(=O)C2Nc3ccccc3Cn3cccc32)cc1)c1cccnc1N1CCOCC1. The van der Waals surface area contributed by atoms with Gasteiger partial charge in [0, 0.05) is 54.7 Å². The number of hydrogen-bond acceptors (Lipinski definition) is 6. The number of aromatic nitrogens is 2. The molecule has 8 nitrogen and oxygen atoms in total. The molecule has 2 aromatic carbocycles. The van der Waals surface area contributed by atoms with Crippen molar-refractivity contribution in [3.05, 3.63) is 108 Å². The highest BCUT2D eigenvalue weighted by Crippen LogP contribution is 2.31. The number of amides is 1. The van der Waals surface area contributed by atoms with Crippen molar-refractivity contribution in [2.45, 2.75) is 12.6 Å². The summed E-state index contributed by atoms with van der Waals surface area (Å²) in [4.78, 5) is 33.2. The molecule has 0 bridgehead atoms. The number of hydrogen-bond donors (Lipinski definition) is 2. The first-order valence-electron chi connectivity index (χ1n) is 12.4. The molecule has 0 saturated carbocycles. The second kappa shape index (κ2) is 9.91. The molecule has 2 aliphatic rings. The number of nitrogens with one attached hydrogen (secondary N) is 2. The number of nitrogens with zero attached hydrogens (tertiary/aromatic N) is 3. The Morgan fingerprint density at radius 1 is 0.946 bits per heavy atom. The molecule has 37 heavy (non-hydrogen) atoms. The standard InChI is InChI=1S/C29H27N5O3/c35-27(26-25-8-4-14-34(25)19-21-5-1-2-7-24(21)32-26)20-9-11-22(12-10-20)31-29(36)23-6-3-13-30-28(23)33-15-17-37-18-16-33/h1-14,26,32H,15-19H2,(H,31,36). The van der Waals surface area contributed by atoms with Crippen LogP contribution in [0.3, 0.4) is 0 Å². The molecule has 0 spiro atoms. The Hall–Kier alpha value is -4.43. The summed E-state index contributed by atoms with van der Waals surface area (Å²) in [6, 6.07) is 22.1. The third kappa shape index (κ3) is 4.59. The Morgan fingerprint density at radius 2 is 1.76 bits per heavy atom. The third-order valence-electron chi connectivity index (χ3n) is 6.85. The van der Waals surface area contributed by atoms with E-state index in [2.05, 4.69) is 31.2 Å². The number of carbonyl (C=O) groups excluding carboxylic acids is 2. The molecule has 4 aromatic rings. The Kier molecular flexibility index (Phi) is 6.16. The number of fused-ring (bicyclic) bond motifs is 2. The zero-order chi connectivity index (χ0) is 25.2. The summed E-state index contributed by atoms with van der Waals surface area (Å²) in [6.07, 6.45) is 3.69. The van der Waals surface area contributed by atoms with Crippen LogP contribution in [0.2, 0.25) is 0 Å². The largest absolute Gasteiger partial charge is 0.378 e. The topological polar surface area (TPSA) is 88.5 Å². The number of ether oxygens (including phenoxy) is 1. The van der Waals surface area contributed by atoms with Gasteiger partial charge in [0.05, 0.1) is 18.8 Å². The zero-order valence-electron chi connectivity index (χ0n) is 20.3. The van der Waals surface area contributed by atoms with E-state index in [0.29, 0.717) is 55.5 Å². The number of morpholine rings is 1. The lowest BCUT2D eigenvalue weighted by atomic mass is 10.0. The number of anilines is 3. The Balaban J connectivity index is 1.20. The van der Waals surface area contributed by atoms with Crippen LogP contribution >= 0.6 is 0 Å². The van der Waals surface area contributed by atoms with Crippen molar-refractivity contribution in [1.29, 1.82) is 0 Å². The van der Waals surface area contributed by atoms with Gasteiger partial charge in [0.15, 0.2) is 5.78 Å². The molecule has 0 radical (unpaired) electrons. The van der Waals surface area contributed by atoms with E-state index in [0.717, 1.165) is 16.9 Å². The molecule has 186 valence electrons. The molecule has 2 aromatic heterocycles. The van der Waals surface area contributed by atoms with Gasteiger partial charge in [-0.3, -0.25) is 9.59 Å². The number of pyridine rings is 1. The van der Waals surface area contributed by atoms with Crippen molar-refractivity contribution in [3.63, 3.8) is 0 Å². The van der Waals surface area contributed by atoms with Gasteiger partial charge in [-0.05, 0) is 60.2 Å². The number of rotatable bonds is 5. The lowest BCUT2D eigenvalue weighted by molar-refractivity contribution is 0.0966. The van der Waals surface area contributed by atoms with Crippen LogP contribution in [-0.4, -0.2) is 47.5 Å². The van der Waals surface area contributed by atoms with Crippen molar-refractivity contribution in [1.82, 2.24) is 9.55 Å². The van der Waals surface area contributed by atoms with E-state index < -0.39 is 6.04 Å². The summed E-state index contributed by atoms with van der Waals surface area (Å²) in [5, 5.41) is 6.40. The van der Waals surface area contributed by atoms with Gasteiger partial charge < -0.3 is 24.8 Å². The van der Waals surface area contributed by atoms with Crippen LogP contribution in [0.25, 0.3) is 0 Å². The number of ketones is 1. The second-order valence-corrected chi connectivity index (χ2v) is 9.17. The normalized spacial score (nSPS) is 16.6. The van der Waals surface area contributed by atoms with E-state index in [1.54, 1.807) is 42.6 Å². The van der Waals surface area contributed by atoms with Gasteiger partial charge in [-0.2, -0.15) is 0 Å². The maximum atomic E-state index is 13.6. The third-order valence-corrected chi connectivity index (χ3v) is 6.85. The number of para-hydroxylation sites is 1. The molecule has 1 saturated heterocycles. The molecule has 2 aliphatic heterocycles. The summed E-state index contributed by atoms with van der Waals surface area (Å²) in [7, 11) is 0. The smallest absolute Gasteiger partial charge is 0.259 e.